The second kappa shape index (κ2) is 5.20. The first-order valence-electron chi connectivity index (χ1n) is 4.14. The van der Waals surface area contributed by atoms with Gasteiger partial charge in [-0.3, -0.25) is 0 Å². The van der Waals surface area contributed by atoms with E-state index in [4.69, 9.17) is 4.74 Å². The molecule has 0 aliphatic rings. The number of benzene rings is 1. The van der Waals surface area contributed by atoms with Crippen LogP contribution < -0.4 is 4.74 Å². The van der Waals surface area contributed by atoms with Gasteiger partial charge in [0.15, 0.2) is 0 Å². The molecular weight excluding hydrogens is 216 g/mol. The van der Waals surface area contributed by atoms with E-state index in [2.05, 4.69) is 22.9 Å². The average molecular weight is 229 g/mol. The first kappa shape index (κ1) is 9.59. The molecule has 1 unspecified atom stereocenters. The molecule has 1 nitrogen and oxygen atoms in total. The number of rotatable bonds is 4. The Labute approximate surface area is 81.9 Å². The van der Waals surface area contributed by atoms with Crippen LogP contribution in [0.15, 0.2) is 30.3 Å². The summed E-state index contributed by atoms with van der Waals surface area (Å²) in [6, 6.07) is 9.91. The molecule has 0 N–H and O–H groups in total. The second-order valence-corrected chi connectivity index (χ2v) is 3.26. The molecule has 1 aromatic carbocycles. The van der Waals surface area contributed by atoms with Gasteiger partial charge < -0.3 is 4.74 Å². The topological polar surface area (TPSA) is 9.23 Å². The fourth-order valence-electron chi connectivity index (χ4n) is 0.915. The maximum absolute atomic E-state index is 5.67. The molecule has 0 aromatic heterocycles. The van der Waals surface area contributed by atoms with E-state index in [1.165, 1.54) is 0 Å². The lowest BCUT2D eigenvalue weighted by molar-refractivity contribution is 0.223. The molecular formula is C10H13BrO. The van der Waals surface area contributed by atoms with Crippen LogP contribution in [0.5, 0.6) is 5.75 Å². The summed E-state index contributed by atoms with van der Waals surface area (Å²) in [7, 11) is 0. The van der Waals surface area contributed by atoms with Crippen molar-refractivity contribution in [3.8, 4) is 5.75 Å². The highest BCUT2D eigenvalue weighted by molar-refractivity contribution is 9.09. The zero-order chi connectivity index (χ0) is 8.81. The third-order valence-electron chi connectivity index (χ3n) is 1.67. The smallest absolute Gasteiger partial charge is 0.119 e. The highest BCUT2D eigenvalue weighted by Crippen LogP contribution is 2.13. The summed E-state index contributed by atoms with van der Waals surface area (Å²) in [4.78, 5) is 0. The minimum atomic E-state index is 0.285. The molecule has 1 rings (SSSR count). The minimum Gasteiger partial charge on any atom is -0.490 e. The van der Waals surface area contributed by atoms with Crippen molar-refractivity contribution in [2.45, 2.75) is 19.4 Å². The molecule has 0 heterocycles. The van der Waals surface area contributed by atoms with Gasteiger partial charge in [0, 0.05) is 5.33 Å². The summed E-state index contributed by atoms with van der Waals surface area (Å²) >= 11 is 3.41. The van der Waals surface area contributed by atoms with Gasteiger partial charge in [-0.15, -0.1) is 0 Å². The fraction of sp³-hybridized carbons (Fsp3) is 0.400. The zero-order valence-electron chi connectivity index (χ0n) is 7.16. The first-order chi connectivity index (χ1) is 5.86. The van der Waals surface area contributed by atoms with Crippen molar-refractivity contribution in [3.63, 3.8) is 0 Å². The fourth-order valence-corrected chi connectivity index (χ4v) is 1.51. The Morgan fingerprint density at radius 1 is 1.33 bits per heavy atom. The Morgan fingerprint density at radius 2 is 2.00 bits per heavy atom. The van der Waals surface area contributed by atoms with Gasteiger partial charge in [-0.25, -0.2) is 0 Å². The standard InChI is InChI=1S/C10H13BrO/c1-2-9(8-11)12-10-6-4-3-5-7-10/h3-7,9H,2,8H2,1H3. The lowest BCUT2D eigenvalue weighted by Crippen LogP contribution is -2.16. The van der Waals surface area contributed by atoms with Crippen LogP contribution in [0.25, 0.3) is 0 Å². The Bertz CT molecular complexity index is 206. The van der Waals surface area contributed by atoms with Crippen molar-refractivity contribution in [1.82, 2.24) is 0 Å². The first-order valence-corrected chi connectivity index (χ1v) is 5.26. The normalized spacial score (nSPS) is 12.5. The van der Waals surface area contributed by atoms with Crippen LogP contribution >= 0.6 is 15.9 Å². The number of hydrogen-bond donors (Lipinski definition) is 0. The Morgan fingerprint density at radius 3 is 2.50 bits per heavy atom. The number of ether oxygens (including phenoxy) is 1. The van der Waals surface area contributed by atoms with Gasteiger partial charge in [0.05, 0.1) is 0 Å². The second-order valence-electron chi connectivity index (χ2n) is 2.62. The van der Waals surface area contributed by atoms with Crippen LogP contribution in [0.2, 0.25) is 0 Å². The third kappa shape index (κ3) is 2.86. The van der Waals surface area contributed by atoms with E-state index in [1.54, 1.807) is 0 Å². The van der Waals surface area contributed by atoms with Crippen molar-refractivity contribution in [2.75, 3.05) is 5.33 Å². The Balaban J connectivity index is 2.51. The van der Waals surface area contributed by atoms with Gasteiger partial charge in [0.2, 0.25) is 0 Å². The van der Waals surface area contributed by atoms with Crippen LogP contribution in [0.1, 0.15) is 13.3 Å². The zero-order valence-corrected chi connectivity index (χ0v) is 8.75. The maximum Gasteiger partial charge on any atom is 0.119 e. The molecule has 1 atom stereocenters. The average Bonchev–Trinajstić information content (AvgIpc) is 2.16. The molecule has 0 spiro atoms. The van der Waals surface area contributed by atoms with Gasteiger partial charge >= 0.3 is 0 Å². The van der Waals surface area contributed by atoms with E-state index in [1.807, 2.05) is 30.3 Å². The SMILES string of the molecule is CCC(CBr)Oc1ccccc1. The van der Waals surface area contributed by atoms with Gasteiger partial charge in [-0.1, -0.05) is 41.1 Å². The van der Waals surface area contributed by atoms with E-state index in [-0.39, 0.29) is 6.10 Å². The van der Waals surface area contributed by atoms with Crippen LogP contribution in [0.4, 0.5) is 0 Å². The molecule has 0 bridgehead atoms. The van der Waals surface area contributed by atoms with E-state index in [0.717, 1.165) is 17.5 Å². The predicted octanol–water partition coefficient (Wildman–Crippen LogP) is 3.24. The van der Waals surface area contributed by atoms with Crippen LogP contribution in [-0.4, -0.2) is 11.4 Å². The van der Waals surface area contributed by atoms with E-state index < -0.39 is 0 Å². The molecule has 66 valence electrons. The largest absolute Gasteiger partial charge is 0.490 e. The van der Waals surface area contributed by atoms with Crippen molar-refractivity contribution >= 4 is 15.9 Å². The van der Waals surface area contributed by atoms with E-state index in [9.17, 15) is 0 Å². The number of alkyl halides is 1. The van der Waals surface area contributed by atoms with Gasteiger partial charge in [0.25, 0.3) is 0 Å². The van der Waals surface area contributed by atoms with E-state index in [0.29, 0.717) is 0 Å². The monoisotopic (exact) mass is 228 g/mol. The number of halogens is 1. The number of hydrogen-bond acceptors (Lipinski definition) is 1. The molecule has 0 amide bonds. The van der Waals surface area contributed by atoms with Gasteiger partial charge in [-0.2, -0.15) is 0 Å². The molecule has 1 aromatic rings. The summed E-state index contributed by atoms with van der Waals surface area (Å²) in [6.07, 6.45) is 1.31. The quantitative estimate of drug-likeness (QED) is 0.720. The molecule has 0 saturated heterocycles. The highest BCUT2D eigenvalue weighted by Gasteiger charge is 2.04. The Hall–Kier alpha value is -0.500. The van der Waals surface area contributed by atoms with Crippen LogP contribution in [0, 0.1) is 0 Å². The van der Waals surface area contributed by atoms with E-state index >= 15 is 0 Å². The third-order valence-corrected chi connectivity index (χ3v) is 2.40. The van der Waals surface area contributed by atoms with Crippen molar-refractivity contribution in [1.29, 1.82) is 0 Å². The molecule has 0 radical (unpaired) electrons. The number of para-hydroxylation sites is 1. The molecule has 0 fully saturated rings. The van der Waals surface area contributed by atoms with Crippen LogP contribution in [-0.2, 0) is 0 Å². The summed E-state index contributed by atoms with van der Waals surface area (Å²) in [6.45, 7) is 2.12. The molecule has 0 aliphatic heterocycles. The minimum absolute atomic E-state index is 0.285. The van der Waals surface area contributed by atoms with Gasteiger partial charge in [-0.05, 0) is 18.6 Å². The predicted molar refractivity (Wildman–Crippen MR) is 54.9 cm³/mol. The summed E-state index contributed by atoms with van der Waals surface area (Å²) in [5, 5.41) is 0.887. The lowest BCUT2D eigenvalue weighted by atomic mass is 10.3. The van der Waals surface area contributed by atoms with Crippen molar-refractivity contribution in [3.05, 3.63) is 30.3 Å². The molecule has 2 heteroatoms. The lowest BCUT2D eigenvalue weighted by Gasteiger charge is -2.14. The molecule has 12 heavy (non-hydrogen) atoms. The summed E-state index contributed by atoms with van der Waals surface area (Å²) < 4.78 is 5.67. The Kier molecular flexibility index (Phi) is 4.15. The van der Waals surface area contributed by atoms with Gasteiger partial charge in [0.1, 0.15) is 11.9 Å². The summed E-state index contributed by atoms with van der Waals surface area (Å²) in [5.74, 6) is 0.948. The summed E-state index contributed by atoms with van der Waals surface area (Å²) in [5.41, 5.74) is 0. The molecule has 0 aliphatic carbocycles. The highest BCUT2D eigenvalue weighted by atomic mass is 79.9. The van der Waals surface area contributed by atoms with Crippen molar-refractivity contribution < 1.29 is 4.74 Å². The molecule has 0 saturated carbocycles. The maximum atomic E-state index is 5.67. The van der Waals surface area contributed by atoms with Crippen LogP contribution in [0.3, 0.4) is 0 Å². The van der Waals surface area contributed by atoms with Crippen molar-refractivity contribution in [2.24, 2.45) is 0 Å².